The summed E-state index contributed by atoms with van der Waals surface area (Å²) < 4.78 is 2.60. The number of hydrogen-bond acceptors (Lipinski definition) is 6. The molecule has 2 aromatic rings. The first-order chi connectivity index (χ1) is 11.2. The van der Waals surface area contributed by atoms with Gasteiger partial charge in [0, 0.05) is 20.3 Å². The number of nitrogens with one attached hydrogen (secondary N) is 2. The van der Waals surface area contributed by atoms with Crippen LogP contribution in [0.2, 0.25) is 0 Å². The number of amides is 2. The van der Waals surface area contributed by atoms with Crippen molar-refractivity contribution in [1.82, 2.24) is 24.9 Å². The van der Waals surface area contributed by atoms with E-state index in [4.69, 9.17) is 0 Å². The highest BCUT2D eigenvalue weighted by molar-refractivity contribution is 6.02. The second-order valence-electron chi connectivity index (χ2n) is 5.15. The van der Waals surface area contributed by atoms with Gasteiger partial charge < -0.3 is 10.6 Å². The van der Waals surface area contributed by atoms with E-state index in [0.29, 0.717) is 0 Å². The second kappa shape index (κ2) is 6.48. The van der Waals surface area contributed by atoms with E-state index >= 15 is 0 Å². The fraction of sp³-hybridized carbons (Fsp3) is 0.385. The molecule has 2 amide bonds. The first-order valence-corrected chi connectivity index (χ1v) is 7.01. The van der Waals surface area contributed by atoms with Crippen molar-refractivity contribution >= 4 is 23.2 Å². The van der Waals surface area contributed by atoms with Gasteiger partial charge in [-0.1, -0.05) is 0 Å². The molecule has 0 saturated carbocycles. The molecule has 0 aliphatic heterocycles. The molecule has 0 spiro atoms. The van der Waals surface area contributed by atoms with Crippen molar-refractivity contribution in [1.29, 1.82) is 0 Å². The van der Waals surface area contributed by atoms with Crippen molar-refractivity contribution in [2.24, 2.45) is 7.05 Å². The van der Waals surface area contributed by atoms with Crippen LogP contribution in [0, 0.1) is 17.0 Å². The number of carbonyl (C=O) groups is 2. The Morgan fingerprint density at radius 2 is 2.00 bits per heavy atom. The van der Waals surface area contributed by atoms with Crippen LogP contribution in [0.1, 0.15) is 29.1 Å². The zero-order valence-electron chi connectivity index (χ0n) is 13.6. The van der Waals surface area contributed by atoms with Gasteiger partial charge in [0.15, 0.2) is 5.69 Å². The molecular weight excluding hydrogens is 318 g/mol. The first kappa shape index (κ1) is 17.1. The van der Waals surface area contributed by atoms with E-state index < -0.39 is 22.8 Å². The van der Waals surface area contributed by atoms with E-state index in [1.807, 2.05) is 0 Å². The molecule has 0 saturated heterocycles. The summed E-state index contributed by atoms with van der Waals surface area (Å²) >= 11 is 0. The Kier molecular flexibility index (Phi) is 4.62. The lowest BCUT2D eigenvalue weighted by Gasteiger charge is -2.12. The van der Waals surface area contributed by atoms with Crippen molar-refractivity contribution in [3.63, 3.8) is 0 Å². The number of anilines is 1. The molecule has 2 rings (SSSR count). The van der Waals surface area contributed by atoms with Crippen molar-refractivity contribution in [2.75, 3.05) is 12.4 Å². The molecule has 0 radical (unpaired) electrons. The molecule has 0 aromatic carbocycles. The Bertz CT molecular complexity index is 807. The molecule has 0 aliphatic carbocycles. The van der Waals surface area contributed by atoms with E-state index in [1.165, 1.54) is 35.7 Å². The topological polar surface area (TPSA) is 137 Å². The summed E-state index contributed by atoms with van der Waals surface area (Å²) in [7, 11) is 3.07. The minimum absolute atomic E-state index is 0.0724. The summed E-state index contributed by atoms with van der Waals surface area (Å²) in [5.41, 5.74) is 0.365. The third-order valence-electron chi connectivity index (χ3n) is 3.39. The van der Waals surface area contributed by atoms with E-state index in [1.54, 1.807) is 14.0 Å². The lowest BCUT2D eigenvalue weighted by atomic mass is 10.3. The van der Waals surface area contributed by atoms with E-state index in [9.17, 15) is 19.7 Å². The zero-order valence-corrected chi connectivity index (χ0v) is 13.6. The predicted molar refractivity (Wildman–Crippen MR) is 83.6 cm³/mol. The molecule has 128 valence electrons. The number of carbonyl (C=O) groups excluding carboxylic acids is 2. The van der Waals surface area contributed by atoms with Gasteiger partial charge in [0.25, 0.3) is 5.91 Å². The Morgan fingerprint density at radius 3 is 2.54 bits per heavy atom. The van der Waals surface area contributed by atoms with Gasteiger partial charge in [0.1, 0.15) is 17.9 Å². The summed E-state index contributed by atoms with van der Waals surface area (Å²) in [4.78, 5) is 34.4. The summed E-state index contributed by atoms with van der Waals surface area (Å²) in [5, 5.41) is 23.9. The second-order valence-corrected chi connectivity index (χ2v) is 5.15. The van der Waals surface area contributed by atoms with Gasteiger partial charge >= 0.3 is 5.69 Å². The number of hydrogen-bond donors (Lipinski definition) is 2. The third kappa shape index (κ3) is 3.24. The Hall–Kier alpha value is -3.24. The molecule has 11 nitrogen and oxygen atoms in total. The minimum atomic E-state index is -0.810. The Balaban J connectivity index is 2.22. The number of aryl methyl sites for hydroxylation is 2. The van der Waals surface area contributed by atoms with Gasteiger partial charge in [0.05, 0.1) is 10.6 Å². The molecule has 2 N–H and O–H groups in total. The third-order valence-corrected chi connectivity index (χ3v) is 3.39. The normalized spacial score (nSPS) is 11.8. The van der Waals surface area contributed by atoms with Gasteiger partial charge in [-0.2, -0.15) is 10.2 Å². The van der Waals surface area contributed by atoms with E-state index in [0.717, 1.165) is 0 Å². The van der Waals surface area contributed by atoms with Crippen LogP contribution in [0.3, 0.4) is 0 Å². The molecule has 0 aliphatic rings. The number of nitro groups is 1. The van der Waals surface area contributed by atoms with Crippen molar-refractivity contribution in [3.8, 4) is 0 Å². The summed E-state index contributed by atoms with van der Waals surface area (Å²) in [5.74, 6) is -0.922. The lowest BCUT2D eigenvalue weighted by molar-refractivity contribution is -0.385. The van der Waals surface area contributed by atoms with Crippen LogP contribution in [0.5, 0.6) is 0 Å². The fourth-order valence-electron chi connectivity index (χ4n) is 2.07. The van der Waals surface area contributed by atoms with E-state index in [2.05, 4.69) is 20.8 Å². The highest BCUT2D eigenvalue weighted by Crippen LogP contribution is 2.20. The molecule has 11 heteroatoms. The number of nitrogens with zero attached hydrogens (tertiary/aromatic N) is 5. The van der Waals surface area contributed by atoms with E-state index in [-0.39, 0.29) is 22.8 Å². The fourth-order valence-corrected chi connectivity index (χ4v) is 2.07. The minimum Gasteiger partial charge on any atom is -0.354 e. The largest absolute Gasteiger partial charge is 0.354 e. The smallest absolute Gasteiger partial charge is 0.309 e. The average Bonchev–Trinajstić information content (AvgIpc) is 3.08. The van der Waals surface area contributed by atoms with Gasteiger partial charge in [-0.25, -0.2) is 0 Å². The number of aromatic nitrogens is 4. The van der Waals surface area contributed by atoms with Crippen LogP contribution in [-0.4, -0.2) is 43.3 Å². The molecule has 0 bridgehead atoms. The predicted octanol–water partition coefficient (Wildman–Crippen LogP) is 0.393. The van der Waals surface area contributed by atoms with Crippen LogP contribution in [0.15, 0.2) is 12.4 Å². The summed E-state index contributed by atoms with van der Waals surface area (Å²) in [6.07, 6.45) is 2.69. The lowest BCUT2D eigenvalue weighted by Crippen LogP contribution is -2.26. The monoisotopic (exact) mass is 335 g/mol. The van der Waals surface area contributed by atoms with Gasteiger partial charge in [-0.05, 0) is 13.8 Å². The number of rotatable bonds is 5. The molecule has 1 unspecified atom stereocenters. The Morgan fingerprint density at radius 1 is 1.33 bits per heavy atom. The molecule has 2 aromatic heterocycles. The van der Waals surface area contributed by atoms with Crippen LogP contribution in [0.4, 0.5) is 11.4 Å². The highest BCUT2D eigenvalue weighted by Gasteiger charge is 2.24. The average molecular weight is 335 g/mol. The molecule has 0 fully saturated rings. The van der Waals surface area contributed by atoms with Gasteiger partial charge in [-0.15, -0.1) is 0 Å². The van der Waals surface area contributed by atoms with Crippen molar-refractivity contribution in [3.05, 3.63) is 33.9 Å². The quantitative estimate of drug-likeness (QED) is 0.599. The van der Waals surface area contributed by atoms with Crippen molar-refractivity contribution < 1.29 is 14.5 Å². The van der Waals surface area contributed by atoms with Crippen LogP contribution in [-0.2, 0) is 11.8 Å². The standard InChI is InChI=1S/C13H17N7O4/c1-7-10(20(23)24)6-19(16-7)8(2)12(21)15-9-5-18(4)17-11(9)13(22)14-3/h5-6,8H,1-4H3,(H,14,22)(H,15,21). The SMILES string of the molecule is CNC(=O)c1nn(C)cc1NC(=O)C(C)n1cc([N+](=O)[O-])c(C)n1. The van der Waals surface area contributed by atoms with Gasteiger partial charge in [-0.3, -0.25) is 29.1 Å². The van der Waals surface area contributed by atoms with Crippen molar-refractivity contribution in [2.45, 2.75) is 19.9 Å². The highest BCUT2D eigenvalue weighted by atomic mass is 16.6. The molecule has 24 heavy (non-hydrogen) atoms. The van der Waals surface area contributed by atoms with Crippen LogP contribution < -0.4 is 10.6 Å². The maximum atomic E-state index is 12.4. The summed E-state index contributed by atoms with van der Waals surface area (Å²) in [6, 6.07) is -0.810. The van der Waals surface area contributed by atoms with Crippen LogP contribution >= 0.6 is 0 Å². The molecule has 1 atom stereocenters. The maximum Gasteiger partial charge on any atom is 0.309 e. The zero-order chi connectivity index (χ0) is 18.0. The van der Waals surface area contributed by atoms with Crippen LogP contribution in [0.25, 0.3) is 0 Å². The summed E-state index contributed by atoms with van der Waals surface area (Å²) in [6.45, 7) is 3.03. The molecular formula is C13H17N7O4. The van der Waals surface area contributed by atoms with Gasteiger partial charge in [0.2, 0.25) is 5.91 Å². The Labute approximate surface area is 136 Å². The first-order valence-electron chi connectivity index (χ1n) is 7.01. The maximum absolute atomic E-state index is 12.4. The molecule has 2 heterocycles.